The molecule has 0 atom stereocenters. The first-order valence-corrected chi connectivity index (χ1v) is 8.25. The van der Waals surface area contributed by atoms with Crippen LogP contribution in [-0.4, -0.2) is 40.4 Å². The first-order chi connectivity index (χ1) is 11.5. The smallest absolute Gasteiger partial charge is 0.161 e. The van der Waals surface area contributed by atoms with Crippen LogP contribution in [0.2, 0.25) is 0 Å². The number of aliphatic hydroxyl groups is 1. The Morgan fingerprint density at radius 2 is 2.00 bits per heavy atom. The molecule has 5 nitrogen and oxygen atoms in total. The predicted octanol–water partition coefficient (Wildman–Crippen LogP) is 3.03. The van der Waals surface area contributed by atoms with Gasteiger partial charge in [-0.25, -0.2) is 14.4 Å². The summed E-state index contributed by atoms with van der Waals surface area (Å²) in [6.45, 7) is 5.30. The van der Waals surface area contributed by atoms with Crippen molar-refractivity contribution in [3.05, 3.63) is 36.3 Å². The molecular weight excluding hydrogens is 309 g/mol. The molecule has 2 aromatic rings. The van der Waals surface area contributed by atoms with E-state index in [0.717, 1.165) is 31.7 Å². The molecule has 1 aliphatic rings. The summed E-state index contributed by atoms with van der Waals surface area (Å²) in [4.78, 5) is 10.9. The third-order valence-electron chi connectivity index (χ3n) is 3.93. The second kappa shape index (κ2) is 7.13. The molecule has 1 aromatic carbocycles. The fourth-order valence-corrected chi connectivity index (χ4v) is 2.79. The zero-order valence-corrected chi connectivity index (χ0v) is 13.9. The second-order valence-electron chi connectivity index (χ2n) is 6.30. The summed E-state index contributed by atoms with van der Waals surface area (Å²) in [5.41, 5.74) is 0.588. The second-order valence-corrected chi connectivity index (χ2v) is 6.30. The Morgan fingerprint density at radius 3 is 2.71 bits per heavy atom. The maximum Gasteiger partial charge on any atom is 0.161 e. The standard InChI is InChI=1S/C18H22FN3O2/c1-12(2)24-16-10-13(9-14(19)11-16)18-20-6-3-17(21-18)22-7-4-15(23)5-8-22/h3,6,9-12,15,23H,4-5,7-8H2,1-2H3. The van der Waals surface area contributed by atoms with E-state index in [-0.39, 0.29) is 18.0 Å². The van der Waals surface area contributed by atoms with E-state index in [1.807, 2.05) is 19.9 Å². The van der Waals surface area contributed by atoms with Gasteiger partial charge < -0.3 is 14.7 Å². The van der Waals surface area contributed by atoms with Crippen molar-refractivity contribution in [2.45, 2.75) is 38.9 Å². The Bertz CT molecular complexity index is 700. The summed E-state index contributed by atoms with van der Waals surface area (Å²) in [6, 6.07) is 6.36. The van der Waals surface area contributed by atoms with Crippen molar-refractivity contribution >= 4 is 5.82 Å². The maximum atomic E-state index is 13.9. The zero-order valence-electron chi connectivity index (χ0n) is 13.9. The molecule has 0 radical (unpaired) electrons. The van der Waals surface area contributed by atoms with Crippen LogP contribution in [0.5, 0.6) is 5.75 Å². The van der Waals surface area contributed by atoms with Gasteiger partial charge in [0.15, 0.2) is 5.82 Å². The average Bonchev–Trinajstić information content (AvgIpc) is 2.54. The molecule has 6 heteroatoms. The van der Waals surface area contributed by atoms with Gasteiger partial charge in [0.2, 0.25) is 0 Å². The van der Waals surface area contributed by atoms with Gasteiger partial charge in [0.1, 0.15) is 17.4 Å². The summed E-state index contributed by atoms with van der Waals surface area (Å²) < 4.78 is 19.5. The molecule has 0 amide bonds. The Labute approximate surface area is 141 Å². The van der Waals surface area contributed by atoms with Gasteiger partial charge in [-0.1, -0.05) is 0 Å². The SMILES string of the molecule is CC(C)Oc1cc(F)cc(-c2nccc(N3CCC(O)CC3)n2)c1. The molecule has 1 fully saturated rings. The van der Waals surface area contributed by atoms with Crippen LogP contribution in [0.3, 0.4) is 0 Å². The van der Waals surface area contributed by atoms with Gasteiger partial charge in [-0.3, -0.25) is 0 Å². The summed E-state index contributed by atoms with van der Waals surface area (Å²) in [7, 11) is 0. The van der Waals surface area contributed by atoms with Crippen molar-refractivity contribution in [2.75, 3.05) is 18.0 Å². The van der Waals surface area contributed by atoms with Gasteiger partial charge >= 0.3 is 0 Å². The lowest BCUT2D eigenvalue weighted by molar-refractivity contribution is 0.145. The molecule has 0 unspecified atom stereocenters. The molecule has 1 aliphatic heterocycles. The third-order valence-corrected chi connectivity index (χ3v) is 3.93. The molecule has 2 heterocycles. The van der Waals surface area contributed by atoms with Crippen LogP contribution in [0.15, 0.2) is 30.5 Å². The number of anilines is 1. The minimum atomic E-state index is -0.377. The lowest BCUT2D eigenvalue weighted by Crippen LogP contribution is -2.36. The van der Waals surface area contributed by atoms with Gasteiger partial charge in [-0.05, 0) is 44.9 Å². The number of hydrogen-bond acceptors (Lipinski definition) is 5. The third kappa shape index (κ3) is 4.00. The fraction of sp³-hybridized carbons (Fsp3) is 0.444. The highest BCUT2D eigenvalue weighted by molar-refractivity contribution is 5.59. The minimum absolute atomic E-state index is 0.0355. The zero-order chi connectivity index (χ0) is 17.1. The lowest BCUT2D eigenvalue weighted by atomic mass is 10.1. The van der Waals surface area contributed by atoms with Crippen molar-refractivity contribution in [2.24, 2.45) is 0 Å². The quantitative estimate of drug-likeness (QED) is 0.933. The molecule has 3 rings (SSSR count). The summed E-state index contributed by atoms with van der Waals surface area (Å²) in [5.74, 6) is 1.35. The molecule has 1 saturated heterocycles. The number of halogens is 1. The van der Waals surface area contributed by atoms with Crippen molar-refractivity contribution in [1.82, 2.24) is 9.97 Å². The molecule has 0 saturated carbocycles. The van der Waals surface area contributed by atoms with Crippen LogP contribution in [0, 0.1) is 5.82 Å². The minimum Gasteiger partial charge on any atom is -0.491 e. The molecule has 1 N–H and O–H groups in total. The van der Waals surface area contributed by atoms with Crippen LogP contribution in [-0.2, 0) is 0 Å². The van der Waals surface area contributed by atoms with E-state index < -0.39 is 0 Å². The molecule has 24 heavy (non-hydrogen) atoms. The lowest BCUT2D eigenvalue weighted by Gasteiger charge is -2.30. The number of nitrogens with zero attached hydrogens (tertiary/aromatic N) is 3. The van der Waals surface area contributed by atoms with Gasteiger partial charge in [0.05, 0.1) is 12.2 Å². The van der Waals surface area contributed by atoms with E-state index in [2.05, 4.69) is 14.9 Å². The Hall–Kier alpha value is -2.21. The average molecular weight is 331 g/mol. The first-order valence-electron chi connectivity index (χ1n) is 8.25. The summed E-state index contributed by atoms with van der Waals surface area (Å²) in [5, 5.41) is 9.62. The van der Waals surface area contributed by atoms with Crippen LogP contribution < -0.4 is 9.64 Å². The molecule has 0 spiro atoms. The largest absolute Gasteiger partial charge is 0.491 e. The highest BCUT2D eigenvalue weighted by atomic mass is 19.1. The van der Waals surface area contributed by atoms with E-state index in [1.165, 1.54) is 12.1 Å². The summed E-state index contributed by atoms with van der Waals surface area (Å²) >= 11 is 0. The van der Waals surface area contributed by atoms with E-state index in [0.29, 0.717) is 17.1 Å². The van der Waals surface area contributed by atoms with E-state index >= 15 is 0 Å². The van der Waals surface area contributed by atoms with Crippen molar-refractivity contribution in [3.63, 3.8) is 0 Å². The van der Waals surface area contributed by atoms with Crippen LogP contribution in [0.25, 0.3) is 11.4 Å². The molecule has 0 aliphatic carbocycles. The normalized spacial score (nSPS) is 15.8. The fourth-order valence-electron chi connectivity index (χ4n) is 2.79. The van der Waals surface area contributed by atoms with E-state index in [9.17, 15) is 9.50 Å². The number of hydrogen-bond donors (Lipinski definition) is 1. The van der Waals surface area contributed by atoms with Crippen molar-refractivity contribution in [1.29, 1.82) is 0 Å². The van der Waals surface area contributed by atoms with E-state index in [1.54, 1.807) is 12.3 Å². The van der Waals surface area contributed by atoms with Gasteiger partial charge in [-0.15, -0.1) is 0 Å². The Balaban J connectivity index is 1.87. The Morgan fingerprint density at radius 1 is 1.25 bits per heavy atom. The van der Waals surface area contributed by atoms with Crippen LogP contribution in [0.1, 0.15) is 26.7 Å². The number of aromatic nitrogens is 2. The van der Waals surface area contributed by atoms with E-state index in [4.69, 9.17) is 4.74 Å². The topological polar surface area (TPSA) is 58.5 Å². The van der Waals surface area contributed by atoms with Crippen molar-refractivity contribution in [3.8, 4) is 17.1 Å². The predicted molar refractivity (Wildman–Crippen MR) is 90.6 cm³/mol. The molecular formula is C18H22FN3O2. The molecule has 0 bridgehead atoms. The number of ether oxygens (including phenoxy) is 1. The maximum absolute atomic E-state index is 13.9. The molecule has 128 valence electrons. The first kappa shape index (κ1) is 16.6. The van der Waals surface area contributed by atoms with Gasteiger partial charge in [-0.2, -0.15) is 0 Å². The summed E-state index contributed by atoms with van der Waals surface area (Å²) in [6.07, 6.45) is 2.86. The molecule has 1 aromatic heterocycles. The highest BCUT2D eigenvalue weighted by Gasteiger charge is 2.19. The number of benzene rings is 1. The highest BCUT2D eigenvalue weighted by Crippen LogP contribution is 2.26. The van der Waals surface area contributed by atoms with Crippen LogP contribution >= 0.6 is 0 Å². The van der Waals surface area contributed by atoms with Gasteiger partial charge in [0, 0.05) is 30.9 Å². The van der Waals surface area contributed by atoms with Crippen LogP contribution in [0.4, 0.5) is 10.2 Å². The number of piperidine rings is 1. The number of aliphatic hydroxyl groups excluding tert-OH is 1. The monoisotopic (exact) mass is 331 g/mol. The van der Waals surface area contributed by atoms with Crippen molar-refractivity contribution < 1.29 is 14.2 Å². The van der Waals surface area contributed by atoms with Gasteiger partial charge in [0.25, 0.3) is 0 Å². The number of rotatable bonds is 4. The Kier molecular flexibility index (Phi) is 4.94.